The Morgan fingerprint density at radius 2 is 2.00 bits per heavy atom. The van der Waals surface area contributed by atoms with E-state index < -0.39 is 0 Å². The highest BCUT2D eigenvalue weighted by Gasteiger charge is 2.12. The van der Waals surface area contributed by atoms with Crippen molar-refractivity contribution in [3.63, 3.8) is 0 Å². The second-order valence-corrected chi connectivity index (χ2v) is 5.46. The number of fused-ring (bicyclic) bond motifs is 1. The van der Waals surface area contributed by atoms with E-state index in [1.54, 1.807) is 6.20 Å². The minimum Gasteiger partial charge on any atom is -0.309 e. The van der Waals surface area contributed by atoms with Gasteiger partial charge in [0, 0.05) is 22.8 Å². The smallest absolute Gasteiger partial charge is 0.239 e. The summed E-state index contributed by atoms with van der Waals surface area (Å²) in [5.74, 6) is 1.44. The molecule has 0 fully saturated rings. The number of anilines is 1. The fourth-order valence-electron chi connectivity index (χ4n) is 1.22. The van der Waals surface area contributed by atoms with Crippen molar-refractivity contribution in [3.05, 3.63) is 22.3 Å². The van der Waals surface area contributed by atoms with Crippen molar-refractivity contribution in [3.8, 4) is 0 Å². The summed E-state index contributed by atoms with van der Waals surface area (Å²) < 4.78 is 0.921. The molecule has 0 saturated heterocycles. The van der Waals surface area contributed by atoms with Crippen LogP contribution in [0.25, 0.3) is 0 Å². The highest BCUT2D eigenvalue weighted by atomic mass is 79.9. The molecule has 2 N–H and O–H groups in total. The molecular weight excluding hydrogens is 282 g/mol. The van der Waals surface area contributed by atoms with Crippen molar-refractivity contribution in [2.24, 2.45) is 5.92 Å². The Labute approximate surface area is 110 Å². The summed E-state index contributed by atoms with van der Waals surface area (Å²) in [6.07, 6.45) is 1.67. The maximum atomic E-state index is 11.1. The maximum absolute atomic E-state index is 11.1. The van der Waals surface area contributed by atoms with Gasteiger partial charge in [-0.05, 0) is 27.9 Å². The van der Waals surface area contributed by atoms with Crippen LogP contribution < -0.4 is 10.6 Å². The highest BCUT2D eigenvalue weighted by Crippen LogP contribution is 2.18. The van der Waals surface area contributed by atoms with E-state index in [1.807, 2.05) is 6.07 Å². The average Bonchev–Trinajstić information content (AvgIpc) is 2.37. The number of nitrogens with one attached hydrogen (secondary N) is 2. The summed E-state index contributed by atoms with van der Waals surface area (Å²) in [4.78, 5) is 15.2. The lowest BCUT2D eigenvalue weighted by Gasteiger charge is -2.04. The zero-order valence-corrected chi connectivity index (χ0v) is 12.0. The van der Waals surface area contributed by atoms with Crippen LogP contribution in [0.3, 0.4) is 0 Å². The summed E-state index contributed by atoms with van der Waals surface area (Å²) >= 11 is 3.33. The molecule has 1 aromatic rings. The molecule has 1 aliphatic rings. The monoisotopic (exact) mass is 299 g/mol. The molecule has 0 bridgehead atoms. The van der Waals surface area contributed by atoms with Crippen molar-refractivity contribution in [2.75, 3.05) is 11.9 Å². The number of pyridine rings is 1. The molecule has 2 rings (SSSR count). The van der Waals surface area contributed by atoms with Crippen molar-refractivity contribution >= 4 is 27.7 Å². The minimum atomic E-state index is -0.0476. The fraction of sp³-hybridized carbons (Fsp3) is 0.500. The first kappa shape index (κ1) is 14.1. The molecule has 0 aromatic carbocycles. The van der Waals surface area contributed by atoms with Crippen molar-refractivity contribution in [1.29, 1.82) is 0 Å². The van der Waals surface area contributed by atoms with Gasteiger partial charge >= 0.3 is 0 Å². The molecule has 0 radical (unpaired) electrons. The molecule has 94 valence electrons. The van der Waals surface area contributed by atoms with Crippen LogP contribution in [0.2, 0.25) is 0 Å². The zero-order valence-electron chi connectivity index (χ0n) is 10.4. The Morgan fingerprint density at radius 1 is 1.35 bits per heavy atom. The largest absolute Gasteiger partial charge is 0.309 e. The third kappa shape index (κ3) is 5.28. The Kier molecular flexibility index (Phi) is 5.58. The van der Waals surface area contributed by atoms with Crippen LogP contribution in [-0.4, -0.2) is 17.4 Å². The molecule has 0 saturated carbocycles. The SMILES string of the molecule is CC(C)C.O=C1CNCc2cc(Br)cnc2N1. The number of aromatic nitrogens is 1. The first-order chi connectivity index (χ1) is 7.99. The van der Waals surface area contributed by atoms with Crippen LogP contribution in [0.5, 0.6) is 0 Å². The van der Waals surface area contributed by atoms with Crippen LogP contribution in [0.15, 0.2) is 16.7 Å². The molecule has 5 heteroatoms. The van der Waals surface area contributed by atoms with Gasteiger partial charge in [0.25, 0.3) is 0 Å². The number of amides is 1. The lowest BCUT2D eigenvalue weighted by molar-refractivity contribution is -0.115. The van der Waals surface area contributed by atoms with E-state index in [2.05, 4.69) is 52.3 Å². The number of halogens is 1. The molecule has 0 unspecified atom stereocenters. The molecule has 1 amide bonds. The summed E-state index contributed by atoms with van der Waals surface area (Å²) in [5, 5.41) is 5.72. The molecule has 4 nitrogen and oxygen atoms in total. The predicted octanol–water partition coefficient (Wildman–Crippen LogP) is 2.55. The fourth-order valence-corrected chi connectivity index (χ4v) is 1.59. The molecule has 1 aromatic heterocycles. The standard InChI is InChI=1S/C8H8BrN3O.C4H10/c9-6-1-5-2-10-4-7(13)12-8(5)11-3-6;1-4(2)3/h1,3,10H,2,4H2,(H,11,12,13);4H,1-3H3. The Hall–Kier alpha value is -0.940. The molecule has 1 aliphatic heterocycles. The van der Waals surface area contributed by atoms with Gasteiger partial charge in [0.1, 0.15) is 5.82 Å². The van der Waals surface area contributed by atoms with Gasteiger partial charge in [-0.3, -0.25) is 4.79 Å². The van der Waals surface area contributed by atoms with Crippen LogP contribution in [0, 0.1) is 5.92 Å². The third-order valence-corrected chi connectivity index (χ3v) is 2.23. The number of carbonyl (C=O) groups excluding carboxylic acids is 1. The maximum Gasteiger partial charge on any atom is 0.239 e. The molecule has 0 atom stereocenters. The number of carbonyl (C=O) groups is 1. The Balaban J connectivity index is 0.000000317. The Bertz CT molecular complexity index is 391. The van der Waals surface area contributed by atoms with Crippen LogP contribution >= 0.6 is 15.9 Å². The molecular formula is C12H18BrN3O. The Morgan fingerprint density at radius 3 is 2.65 bits per heavy atom. The summed E-state index contributed by atoms with van der Waals surface area (Å²) in [7, 11) is 0. The zero-order chi connectivity index (χ0) is 12.8. The number of hydrogen-bond acceptors (Lipinski definition) is 3. The molecule has 2 heterocycles. The molecule has 0 aliphatic carbocycles. The third-order valence-electron chi connectivity index (χ3n) is 1.79. The number of hydrogen-bond donors (Lipinski definition) is 2. The lowest BCUT2D eigenvalue weighted by Crippen LogP contribution is -2.23. The van der Waals surface area contributed by atoms with Crippen LogP contribution in [0.1, 0.15) is 26.3 Å². The highest BCUT2D eigenvalue weighted by molar-refractivity contribution is 9.10. The average molecular weight is 300 g/mol. The van der Waals surface area contributed by atoms with E-state index in [-0.39, 0.29) is 5.91 Å². The topological polar surface area (TPSA) is 54.0 Å². The second kappa shape index (κ2) is 6.71. The number of nitrogens with zero attached hydrogens (tertiary/aromatic N) is 1. The van der Waals surface area contributed by atoms with Gasteiger partial charge in [0.2, 0.25) is 5.91 Å². The lowest BCUT2D eigenvalue weighted by atomic mass is 10.2. The molecule has 17 heavy (non-hydrogen) atoms. The first-order valence-electron chi connectivity index (χ1n) is 5.64. The van der Waals surface area contributed by atoms with Gasteiger partial charge in [0.15, 0.2) is 0 Å². The van der Waals surface area contributed by atoms with Gasteiger partial charge in [-0.15, -0.1) is 0 Å². The summed E-state index contributed by atoms with van der Waals surface area (Å²) in [6, 6.07) is 1.95. The second-order valence-electron chi connectivity index (χ2n) is 4.55. The summed E-state index contributed by atoms with van der Waals surface area (Å²) in [5.41, 5.74) is 1.00. The first-order valence-corrected chi connectivity index (χ1v) is 6.43. The van der Waals surface area contributed by atoms with E-state index in [0.717, 1.165) is 16.0 Å². The summed E-state index contributed by atoms with van der Waals surface area (Å²) in [6.45, 7) is 7.51. The predicted molar refractivity (Wildman–Crippen MR) is 72.8 cm³/mol. The van der Waals surface area contributed by atoms with E-state index >= 15 is 0 Å². The van der Waals surface area contributed by atoms with E-state index in [0.29, 0.717) is 18.9 Å². The van der Waals surface area contributed by atoms with Crippen LogP contribution in [-0.2, 0) is 11.3 Å². The van der Waals surface area contributed by atoms with E-state index in [9.17, 15) is 4.79 Å². The van der Waals surface area contributed by atoms with Gasteiger partial charge in [-0.2, -0.15) is 0 Å². The van der Waals surface area contributed by atoms with E-state index in [4.69, 9.17) is 0 Å². The normalized spacial score (nSPS) is 14.3. The van der Waals surface area contributed by atoms with Crippen molar-refractivity contribution in [1.82, 2.24) is 10.3 Å². The van der Waals surface area contributed by atoms with Gasteiger partial charge in [-0.1, -0.05) is 20.8 Å². The molecule has 0 spiro atoms. The minimum absolute atomic E-state index is 0.0476. The number of rotatable bonds is 0. The van der Waals surface area contributed by atoms with Gasteiger partial charge in [-0.25, -0.2) is 4.98 Å². The van der Waals surface area contributed by atoms with E-state index in [1.165, 1.54) is 0 Å². The quantitative estimate of drug-likeness (QED) is 0.774. The van der Waals surface area contributed by atoms with Gasteiger partial charge in [0.05, 0.1) is 6.54 Å². The van der Waals surface area contributed by atoms with Crippen LogP contribution in [0.4, 0.5) is 5.82 Å². The van der Waals surface area contributed by atoms with Crippen molar-refractivity contribution in [2.45, 2.75) is 27.3 Å². The van der Waals surface area contributed by atoms with Gasteiger partial charge < -0.3 is 10.6 Å². The van der Waals surface area contributed by atoms with Crippen molar-refractivity contribution < 1.29 is 4.79 Å².